The van der Waals surface area contributed by atoms with Gasteiger partial charge in [0.2, 0.25) is 0 Å². The number of rotatable bonds is 9. The molecule has 0 bridgehead atoms. The molecule has 6 heteroatoms. The lowest BCUT2D eigenvalue weighted by Crippen LogP contribution is -2.19. The number of aromatic hydroxyl groups is 1. The summed E-state index contributed by atoms with van der Waals surface area (Å²) in [6.45, 7) is 27.6. The Morgan fingerprint density at radius 2 is 1.56 bits per heavy atom. The Morgan fingerprint density at radius 1 is 1.02 bits per heavy atom. The van der Waals surface area contributed by atoms with Crippen LogP contribution in [-0.4, -0.2) is 17.3 Å². The molecule has 43 heavy (non-hydrogen) atoms. The van der Waals surface area contributed by atoms with E-state index < -0.39 is 6.36 Å². The second-order valence-electron chi connectivity index (χ2n) is 11.7. The van der Waals surface area contributed by atoms with Gasteiger partial charge >= 0.3 is 6.36 Å². The number of Topliss-reactive ketones (excluding diaryl/α,β-unsaturated/α-hetero) is 1. The number of allylic oxidation sites excluding steroid dienone is 4. The average molecular weight is 605 g/mol. The van der Waals surface area contributed by atoms with Gasteiger partial charge in [-0.1, -0.05) is 103 Å². The summed E-state index contributed by atoms with van der Waals surface area (Å²) in [5.74, 6) is 1.03. The number of carbonyl (C=O) groups is 1. The van der Waals surface area contributed by atoms with Crippen molar-refractivity contribution in [3.63, 3.8) is 0 Å². The highest BCUT2D eigenvalue weighted by atomic mass is 19.4. The number of halogens is 3. The predicted octanol–water partition coefficient (Wildman–Crippen LogP) is 12.2. The highest BCUT2D eigenvalue weighted by Gasteiger charge is 2.30. The standard InChI is InChI=1S/C16H22O.C9H18O.C8H7F3O.C4H8/c1-5-8-13(7-3)16-11-14(17)9-10-15(16)12(4)6-2;1-5-6-7-8(10)9(2,3)4;1-6-2-4-7(5-3-6)12-8(9,10)11;1-4(2)3/h5,8-12,17H,1,6-7H2,2-4H3;5-7H2,1-4H3;2-5H,1H3;1H2,2-3H3/b13-8-;;;. The first kappa shape index (κ1) is 41.9. The van der Waals surface area contributed by atoms with Gasteiger partial charge in [-0.2, -0.15) is 0 Å². The average Bonchev–Trinajstić information content (AvgIpc) is 2.90. The van der Waals surface area contributed by atoms with Crippen molar-refractivity contribution in [1.29, 1.82) is 0 Å². The molecule has 1 unspecified atom stereocenters. The highest BCUT2D eigenvalue weighted by molar-refractivity contribution is 5.83. The zero-order valence-electron chi connectivity index (χ0n) is 28.1. The van der Waals surface area contributed by atoms with Crippen LogP contribution in [0.1, 0.15) is 117 Å². The molecule has 242 valence electrons. The smallest absolute Gasteiger partial charge is 0.508 e. The maximum atomic E-state index is 11.6. The van der Waals surface area contributed by atoms with E-state index in [9.17, 15) is 23.1 Å². The molecule has 0 saturated carbocycles. The Bertz CT molecular complexity index is 1120. The first-order valence-electron chi connectivity index (χ1n) is 14.9. The van der Waals surface area contributed by atoms with Gasteiger partial charge < -0.3 is 9.84 Å². The van der Waals surface area contributed by atoms with Crippen LogP contribution in [0.2, 0.25) is 0 Å². The molecule has 0 spiro atoms. The van der Waals surface area contributed by atoms with E-state index in [1.165, 1.54) is 28.8 Å². The second kappa shape index (κ2) is 21.4. The molecule has 1 atom stereocenters. The number of aryl methyl sites for hydroxylation is 1. The Labute approximate surface area is 259 Å². The van der Waals surface area contributed by atoms with Crippen LogP contribution in [0.15, 0.2) is 73.3 Å². The third-order valence-electron chi connectivity index (χ3n) is 6.07. The lowest BCUT2D eigenvalue weighted by molar-refractivity contribution is -0.274. The summed E-state index contributed by atoms with van der Waals surface area (Å²) >= 11 is 0. The van der Waals surface area contributed by atoms with Gasteiger partial charge in [0, 0.05) is 11.8 Å². The Hall–Kier alpha value is -3.28. The van der Waals surface area contributed by atoms with E-state index in [0.717, 1.165) is 43.2 Å². The van der Waals surface area contributed by atoms with E-state index in [1.54, 1.807) is 25.1 Å². The Balaban J connectivity index is 0. The normalized spacial score (nSPS) is 11.8. The molecule has 0 saturated heterocycles. The summed E-state index contributed by atoms with van der Waals surface area (Å²) in [5, 5.41) is 9.65. The molecule has 0 aliphatic heterocycles. The van der Waals surface area contributed by atoms with Gasteiger partial charge in [-0.15, -0.1) is 19.8 Å². The molecule has 0 amide bonds. The summed E-state index contributed by atoms with van der Waals surface area (Å²) in [5.41, 5.74) is 5.62. The van der Waals surface area contributed by atoms with Gasteiger partial charge in [0.05, 0.1) is 0 Å². The maximum Gasteiger partial charge on any atom is 0.573 e. The van der Waals surface area contributed by atoms with Crippen LogP contribution in [0, 0.1) is 12.3 Å². The van der Waals surface area contributed by atoms with Crippen molar-refractivity contribution in [2.24, 2.45) is 5.41 Å². The van der Waals surface area contributed by atoms with Crippen molar-refractivity contribution in [1.82, 2.24) is 0 Å². The number of alkyl halides is 3. The Morgan fingerprint density at radius 3 is 1.95 bits per heavy atom. The zero-order valence-corrected chi connectivity index (χ0v) is 28.1. The number of ketones is 1. The van der Waals surface area contributed by atoms with Crippen molar-refractivity contribution in [3.8, 4) is 11.5 Å². The molecule has 2 rings (SSSR count). The van der Waals surface area contributed by atoms with Crippen LogP contribution >= 0.6 is 0 Å². The summed E-state index contributed by atoms with van der Waals surface area (Å²) in [4.78, 5) is 11.2. The quantitative estimate of drug-likeness (QED) is 0.229. The minimum Gasteiger partial charge on any atom is -0.508 e. The van der Waals surface area contributed by atoms with Crippen molar-refractivity contribution >= 4 is 11.4 Å². The second-order valence-corrected chi connectivity index (χ2v) is 11.7. The molecule has 2 aromatic carbocycles. The van der Waals surface area contributed by atoms with Gasteiger partial charge in [-0.3, -0.25) is 4.79 Å². The molecule has 0 aliphatic rings. The molecule has 2 aromatic rings. The summed E-state index contributed by atoms with van der Waals surface area (Å²) in [6.07, 6.45) is 4.18. The van der Waals surface area contributed by atoms with Gasteiger partial charge in [0.15, 0.2) is 0 Å². The van der Waals surface area contributed by atoms with Crippen LogP contribution in [0.4, 0.5) is 13.2 Å². The topological polar surface area (TPSA) is 46.5 Å². The number of unbranched alkanes of at least 4 members (excludes halogenated alkanes) is 1. The third kappa shape index (κ3) is 21.1. The SMILES string of the molecule is C=C(C)C.C=C/C=C(/CC)c1cc(O)ccc1C(C)CC.CCCCC(=O)C(C)(C)C.Cc1ccc(OC(F)(F)F)cc1. The fourth-order valence-electron chi connectivity index (χ4n) is 3.46. The van der Waals surface area contributed by atoms with E-state index in [0.29, 0.717) is 17.5 Å². The van der Waals surface area contributed by atoms with Crippen molar-refractivity contribution in [3.05, 3.63) is 90.0 Å². The first-order valence-corrected chi connectivity index (χ1v) is 14.9. The molecule has 0 aromatic heterocycles. The largest absolute Gasteiger partial charge is 0.573 e. The third-order valence-corrected chi connectivity index (χ3v) is 6.07. The van der Waals surface area contributed by atoms with Crippen molar-refractivity contribution in [2.75, 3.05) is 0 Å². The molecule has 0 heterocycles. The van der Waals surface area contributed by atoms with E-state index in [2.05, 4.69) is 45.6 Å². The van der Waals surface area contributed by atoms with Crippen molar-refractivity contribution in [2.45, 2.75) is 114 Å². The van der Waals surface area contributed by atoms with Gasteiger partial charge in [0.25, 0.3) is 0 Å². The Kier molecular flexibility index (Phi) is 20.8. The van der Waals surface area contributed by atoms with E-state index in [-0.39, 0.29) is 11.2 Å². The number of phenols is 1. The molecule has 0 radical (unpaired) electrons. The van der Waals surface area contributed by atoms with E-state index >= 15 is 0 Å². The number of carbonyl (C=O) groups excluding carboxylic acids is 1. The molecular weight excluding hydrogens is 549 g/mol. The summed E-state index contributed by atoms with van der Waals surface area (Å²) < 4.78 is 38.5. The molecule has 3 nitrogen and oxygen atoms in total. The van der Waals surface area contributed by atoms with Crippen LogP contribution in [0.25, 0.3) is 5.57 Å². The first-order chi connectivity index (χ1) is 19.8. The lowest BCUT2D eigenvalue weighted by Gasteiger charge is -2.17. The maximum absolute atomic E-state index is 11.6. The molecule has 0 fully saturated rings. The summed E-state index contributed by atoms with van der Waals surface area (Å²) in [6, 6.07) is 11.3. The van der Waals surface area contributed by atoms with E-state index in [1.807, 2.05) is 58.9 Å². The van der Waals surface area contributed by atoms with Crippen LogP contribution in [0.5, 0.6) is 11.5 Å². The van der Waals surface area contributed by atoms with Gasteiger partial charge in [-0.05, 0) is 86.9 Å². The van der Waals surface area contributed by atoms with Gasteiger partial charge in [-0.25, -0.2) is 0 Å². The predicted molar refractivity (Wildman–Crippen MR) is 178 cm³/mol. The minimum atomic E-state index is -4.60. The summed E-state index contributed by atoms with van der Waals surface area (Å²) in [7, 11) is 0. The van der Waals surface area contributed by atoms with Gasteiger partial charge in [0.1, 0.15) is 17.3 Å². The number of benzene rings is 2. The number of ether oxygens (including phenoxy) is 1. The lowest BCUT2D eigenvalue weighted by atomic mass is 9.88. The number of phenolic OH excluding ortho intramolecular Hbond substituents is 1. The minimum absolute atomic E-state index is 0.130. The fourth-order valence-corrected chi connectivity index (χ4v) is 3.46. The zero-order chi connectivity index (χ0) is 33.8. The molecule has 0 aliphatic carbocycles. The van der Waals surface area contributed by atoms with Crippen LogP contribution in [0.3, 0.4) is 0 Å². The number of hydrogen-bond acceptors (Lipinski definition) is 3. The number of hydrogen-bond donors (Lipinski definition) is 1. The van der Waals surface area contributed by atoms with Crippen molar-refractivity contribution < 1.29 is 27.8 Å². The van der Waals surface area contributed by atoms with Crippen LogP contribution in [-0.2, 0) is 4.79 Å². The fraction of sp³-hybridized carbons (Fsp3) is 0.486. The molecule has 1 N–H and O–H groups in total. The monoisotopic (exact) mass is 604 g/mol. The highest BCUT2D eigenvalue weighted by Crippen LogP contribution is 2.32. The van der Waals surface area contributed by atoms with Crippen LogP contribution < -0.4 is 4.74 Å². The molecular formula is C37H55F3O3. The van der Waals surface area contributed by atoms with E-state index in [4.69, 9.17) is 0 Å².